The molecule has 3 heteroatoms. The Morgan fingerprint density at radius 1 is 1.43 bits per heavy atom. The number of hydrogen-bond donors (Lipinski definition) is 2. The van der Waals surface area contributed by atoms with Gasteiger partial charge in [-0.25, -0.2) is 0 Å². The molecule has 3 N–H and O–H groups in total. The van der Waals surface area contributed by atoms with Crippen molar-refractivity contribution < 1.29 is 4.74 Å². The second-order valence-corrected chi connectivity index (χ2v) is 4.66. The Kier molecular flexibility index (Phi) is 4.85. The average Bonchev–Trinajstić information content (AvgIpc) is 2.66. The van der Waals surface area contributed by atoms with Crippen LogP contribution in [0, 0.1) is 11.8 Å². The van der Waals surface area contributed by atoms with E-state index in [1.807, 2.05) is 0 Å². The number of hydrogen-bond acceptors (Lipinski definition) is 3. The minimum Gasteiger partial charge on any atom is -0.381 e. The van der Waals surface area contributed by atoms with Crippen molar-refractivity contribution in [1.82, 2.24) is 5.32 Å². The van der Waals surface area contributed by atoms with Crippen molar-refractivity contribution in [1.29, 1.82) is 0 Å². The topological polar surface area (TPSA) is 47.3 Å². The molecule has 0 aliphatic carbocycles. The summed E-state index contributed by atoms with van der Waals surface area (Å²) in [6.45, 7) is 9.36. The summed E-state index contributed by atoms with van der Waals surface area (Å²) in [6.07, 6.45) is 1.20. The quantitative estimate of drug-likeness (QED) is 0.695. The molecule has 84 valence electrons. The zero-order valence-corrected chi connectivity index (χ0v) is 9.62. The number of nitrogens with one attached hydrogen (secondary N) is 1. The molecular formula is C11H24N2O. The first-order valence-electron chi connectivity index (χ1n) is 5.68. The van der Waals surface area contributed by atoms with Gasteiger partial charge >= 0.3 is 0 Å². The summed E-state index contributed by atoms with van der Waals surface area (Å²) >= 11 is 0. The SMILES string of the molecule is CC(N)C(C)CNC(C)C1CCOC1. The third-order valence-corrected chi connectivity index (χ3v) is 3.33. The molecule has 1 rings (SSSR count). The van der Waals surface area contributed by atoms with E-state index < -0.39 is 0 Å². The maximum Gasteiger partial charge on any atom is 0.0509 e. The highest BCUT2D eigenvalue weighted by Gasteiger charge is 2.22. The van der Waals surface area contributed by atoms with Crippen LogP contribution in [-0.2, 0) is 4.74 Å². The molecule has 1 fully saturated rings. The van der Waals surface area contributed by atoms with Gasteiger partial charge in [0, 0.05) is 18.7 Å². The lowest BCUT2D eigenvalue weighted by Crippen LogP contribution is -2.40. The van der Waals surface area contributed by atoms with Crippen LogP contribution in [0.5, 0.6) is 0 Å². The Bertz CT molecular complexity index is 155. The fraction of sp³-hybridized carbons (Fsp3) is 1.00. The van der Waals surface area contributed by atoms with Gasteiger partial charge in [0.15, 0.2) is 0 Å². The second kappa shape index (κ2) is 5.69. The molecule has 1 heterocycles. The van der Waals surface area contributed by atoms with Crippen molar-refractivity contribution in [3.8, 4) is 0 Å². The minimum absolute atomic E-state index is 0.273. The molecule has 4 atom stereocenters. The molecule has 4 unspecified atom stereocenters. The normalized spacial score (nSPS) is 28.7. The Hall–Kier alpha value is -0.120. The molecule has 1 aliphatic rings. The van der Waals surface area contributed by atoms with Gasteiger partial charge in [0.05, 0.1) is 6.61 Å². The smallest absolute Gasteiger partial charge is 0.0509 e. The van der Waals surface area contributed by atoms with Gasteiger partial charge in [-0.05, 0) is 38.6 Å². The number of ether oxygens (including phenoxy) is 1. The first-order valence-corrected chi connectivity index (χ1v) is 5.68. The molecule has 1 aliphatic heterocycles. The predicted octanol–water partition coefficient (Wildman–Crippen LogP) is 0.984. The van der Waals surface area contributed by atoms with Crippen molar-refractivity contribution in [2.75, 3.05) is 19.8 Å². The van der Waals surface area contributed by atoms with Crippen LogP contribution in [0.25, 0.3) is 0 Å². The molecule has 14 heavy (non-hydrogen) atoms. The Balaban J connectivity index is 2.16. The Labute approximate surface area is 87.4 Å². The molecule has 3 nitrogen and oxygen atoms in total. The summed E-state index contributed by atoms with van der Waals surface area (Å²) in [5.41, 5.74) is 5.81. The lowest BCUT2D eigenvalue weighted by Gasteiger charge is -2.23. The van der Waals surface area contributed by atoms with Gasteiger partial charge in [0.25, 0.3) is 0 Å². The van der Waals surface area contributed by atoms with Crippen LogP contribution in [0.1, 0.15) is 27.2 Å². The molecule has 0 bridgehead atoms. The van der Waals surface area contributed by atoms with E-state index in [1.165, 1.54) is 6.42 Å². The highest BCUT2D eigenvalue weighted by molar-refractivity contribution is 4.77. The number of rotatable bonds is 5. The first kappa shape index (κ1) is 12.0. The van der Waals surface area contributed by atoms with Gasteiger partial charge in [-0.1, -0.05) is 6.92 Å². The van der Waals surface area contributed by atoms with E-state index in [0.29, 0.717) is 17.9 Å². The van der Waals surface area contributed by atoms with E-state index in [4.69, 9.17) is 10.5 Å². The van der Waals surface area contributed by atoms with Crippen LogP contribution >= 0.6 is 0 Å². The van der Waals surface area contributed by atoms with E-state index in [1.54, 1.807) is 0 Å². The van der Waals surface area contributed by atoms with E-state index >= 15 is 0 Å². The highest BCUT2D eigenvalue weighted by Crippen LogP contribution is 2.16. The van der Waals surface area contributed by atoms with Crippen molar-refractivity contribution in [3.05, 3.63) is 0 Å². The summed E-state index contributed by atoms with van der Waals surface area (Å²) in [6, 6.07) is 0.827. The van der Waals surface area contributed by atoms with Crippen molar-refractivity contribution in [2.24, 2.45) is 17.6 Å². The monoisotopic (exact) mass is 200 g/mol. The van der Waals surface area contributed by atoms with E-state index in [-0.39, 0.29) is 6.04 Å². The molecule has 0 aromatic heterocycles. The molecule has 0 amide bonds. The van der Waals surface area contributed by atoms with Gasteiger partial charge in [-0.15, -0.1) is 0 Å². The highest BCUT2D eigenvalue weighted by atomic mass is 16.5. The van der Waals surface area contributed by atoms with Gasteiger partial charge in [0.2, 0.25) is 0 Å². The summed E-state index contributed by atoms with van der Waals surface area (Å²) in [5, 5.41) is 3.55. The van der Waals surface area contributed by atoms with Gasteiger partial charge in [-0.2, -0.15) is 0 Å². The fourth-order valence-electron chi connectivity index (χ4n) is 1.67. The molecule has 0 aromatic carbocycles. The maximum absolute atomic E-state index is 5.81. The zero-order chi connectivity index (χ0) is 10.6. The lowest BCUT2D eigenvalue weighted by atomic mass is 9.99. The summed E-state index contributed by atoms with van der Waals surface area (Å²) in [7, 11) is 0. The van der Waals surface area contributed by atoms with Crippen LogP contribution in [0.15, 0.2) is 0 Å². The van der Waals surface area contributed by atoms with E-state index in [9.17, 15) is 0 Å². The molecule has 0 radical (unpaired) electrons. The molecular weight excluding hydrogens is 176 g/mol. The van der Waals surface area contributed by atoms with Crippen LogP contribution in [0.4, 0.5) is 0 Å². The van der Waals surface area contributed by atoms with E-state index in [0.717, 1.165) is 19.8 Å². The summed E-state index contributed by atoms with van der Waals surface area (Å²) < 4.78 is 5.37. The van der Waals surface area contributed by atoms with E-state index in [2.05, 4.69) is 26.1 Å². The van der Waals surface area contributed by atoms with Crippen LogP contribution in [0.3, 0.4) is 0 Å². The zero-order valence-electron chi connectivity index (χ0n) is 9.62. The van der Waals surface area contributed by atoms with Crippen molar-refractivity contribution in [2.45, 2.75) is 39.3 Å². The minimum atomic E-state index is 0.273. The van der Waals surface area contributed by atoms with Gasteiger partial charge in [0.1, 0.15) is 0 Å². The standard InChI is InChI=1S/C11H24N2O/c1-8(9(2)12)6-13-10(3)11-4-5-14-7-11/h8-11,13H,4-7,12H2,1-3H3. The van der Waals surface area contributed by atoms with Gasteiger partial charge < -0.3 is 15.8 Å². The largest absolute Gasteiger partial charge is 0.381 e. The second-order valence-electron chi connectivity index (χ2n) is 4.66. The lowest BCUT2D eigenvalue weighted by molar-refractivity contribution is 0.177. The third-order valence-electron chi connectivity index (χ3n) is 3.33. The summed E-state index contributed by atoms with van der Waals surface area (Å²) in [4.78, 5) is 0. The van der Waals surface area contributed by atoms with Crippen LogP contribution in [0.2, 0.25) is 0 Å². The fourth-order valence-corrected chi connectivity index (χ4v) is 1.67. The predicted molar refractivity (Wildman–Crippen MR) is 59.2 cm³/mol. The first-order chi connectivity index (χ1) is 6.61. The average molecular weight is 200 g/mol. The van der Waals surface area contributed by atoms with Crippen molar-refractivity contribution in [3.63, 3.8) is 0 Å². The number of nitrogens with two attached hydrogens (primary N) is 1. The molecule has 1 saturated heterocycles. The van der Waals surface area contributed by atoms with Crippen LogP contribution < -0.4 is 11.1 Å². The molecule has 0 aromatic rings. The Morgan fingerprint density at radius 2 is 2.14 bits per heavy atom. The van der Waals surface area contributed by atoms with Crippen molar-refractivity contribution >= 4 is 0 Å². The van der Waals surface area contributed by atoms with Crippen LogP contribution in [-0.4, -0.2) is 31.8 Å². The third kappa shape index (κ3) is 3.56. The maximum atomic E-state index is 5.81. The molecule has 0 saturated carbocycles. The van der Waals surface area contributed by atoms with Gasteiger partial charge in [-0.3, -0.25) is 0 Å². The molecule has 0 spiro atoms. The summed E-state index contributed by atoms with van der Waals surface area (Å²) in [5.74, 6) is 1.23. The Morgan fingerprint density at radius 3 is 2.64 bits per heavy atom.